The Hall–Kier alpha value is -3.31. The maximum atomic E-state index is 11.3. The third-order valence-corrected chi connectivity index (χ3v) is 3.96. The Morgan fingerprint density at radius 3 is 2.72 bits per heavy atom. The number of carbonyl (C=O) groups excluding carboxylic acids is 1. The molecule has 0 amide bonds. The van der Waals surface area contributed by atoms with Crippen molar-refractivity contribution in [2.45, 2.75) is 12.1 Å². The second-order valence-corrected chi connectivity index (χ2v) is 5.84. The third-order valence-electron chi connectivity index (χ3n) is 3.12. The minimum Gasteiger partial charge on any atom is -0.544 e. The lowest BCUT2D eigenvalue weighted by atomic mass is 10.1. The van der Waals surface area contributed by atoms with Crippen LogP contribution >= 0.6 is 11.8 Å². The van der Waals surface area contributed by atoms with E-state index in [0.717, 1.165) is 11.8 Å². The number of carbonyl (C=O) groups is 1. The highest BCUT2D eigenvalue weighted by Crippen LogP contribution is 2.30. The Morgan fingerprint density at radius 2 is 2.04 bits per heavy atom. The second-order valence-electron chi connectivity index (χ2n) is 4.84. The SMILES string of the molecule is Cc1nnc(S/C(=C\c2ccc(-c3ccccc3C#N)o2)C(=O)[O-])o1. The normalized spacial score (nSPS) is 11.3. The van der Waals surface area contributed by atoms with Crippen LogP contribution in [-0.2, 0) is 4.79 Å². The maximum absolute atomic E-state index is 11.3. The molecule has 3 rings (SSSR count). The van der Waals surface area contributed by atoms with Gasteiger partial charge in [-0.1, -0.05) is 12.1 Å². The minimum atomic E-state index is -1.39. The first-order chi connectivity index (χ1) is 12.1. The number of aromatic nitrogens is 2. The van der Waals surface area contributed by atoms with E-state index in [9.17, 15) is 9.90 Å². The number of rotatable bonds is 5. The summed E-state index contributed by atoms with van der Waals surface area (Å²) in [4.78, 5) is 11.2. The fourth-order valence-electron chi connectivity index (χ4n) is 2.04. The molecule has 2 heterocycles. The smallest absolute Gasteiger partial charge is 0.281 e. The summed E-state index contributed by atoms with van der Waals surface area (Å²) in [5.74, 6) is -0.310. The van der Waals surface area contributed by atoms with Gasteiger partial charge in [-0.3, -0.25) is 0 Å². The van der Waals surface area contributed by atoms with Crippen molar-refractivity contribution in [3.63, 3.8) is 0 Å². The molecule has 0 bridgehead atoms. The molecule has 0 saturated carbocycles. The predicted molar refractivity (Wildman–Crippen MR) is 86.7 cm³/mol. The Morgan fingerprint density at radius 1 is 1.24 bits per heavy atom. The number of carboxylic acid groups (broad SMARTS) is 1. The van der Waals surface area contributed by atoms with Crippen molar-refractivity contribution in [3.8, 4) is 17.4 Å². The summed E-state index contributed by atoms with van der Waals surface area (Å²) in [5, 5.41) is 27.9. The predicted octanol–water partition coefficient (Wildman–Crippen LogP) is 2.39. The number of hydrogen-bond donors (Lipinski definition) is 0. The second kappa shape index (κ2) is 7.07. The quantitative estimate of drug-likeness (QED) is 0.507. The molecule has 0 saturated heterocycles. The van der Waals surface area contributed by atoms with Crippen LogP contribution in [0.15, 0.2) is 55.4 Å². The molecule has 0 atom stereocenters. The van der Waals surface area contributed by atoms with E-state index >= 15 is 0 Å². The average Bonchev–Trinajstić information content (AvgIpc) is 3.23. The molecule has 0 N–H and O–H groups in total. The molecule has 8 heteroatoms. The summed E-state index contributed by atoms with van der Waals surface area (Å²) in [6.07, 6.45) is 1.30. The van der Waals surface area contributed by atoms with Crippen LogP contribution in [0, 0.1) is 18.3 Å². The van der Waals surface area contributed by atoms with Gasteiger partial charge in [0.25, 0.3) is 5.22 Å². The molecule has 0 unspecified atom stereocenters. The number of thioether (sulfide) groups is 1. The van der Waals surface area contributed by atoms with E-state index in [1.165, 1.54) is 6.08 Å². The van der Waals surface area contributed by atoms with E-state index in [4.69, 9.17) is 14.1 Å². The van der Waals surface area contributed by atoms with Gasteiger partial charge in [-0.25, -0.2) is 0 Å². The molecule has 124 valence electrons. The van der Waals surface area contributed by atoms with Crippen molar-refractivity contribution in [2.24, 2.45) is 0 Å². The van der Waals surface area contributed by atoms with E-state index in [2.05, 4.69) is 16.3 Å². The number of carboxylic acids is 1. The van der Waals surface area contributed by atoms with Gasteiger partial charge in [-0.05, 0) is 42.1 Å². The summed E-state index contributed by atoms with van der Waals surface area (Å²) >= 11 is 0.772. The highest BCUT2D eigenvalue weighted by Gasteiger charge is 2.12. The van der Waals surface area contributed by atoms with Gasteiger partial charge < -0.3 is 18.7 Å². The van der Waals surface area contributed by atoms with Crippen LogP contribution in [0.1, 0.15) is 17.2 Å². The number of aryl methyl sites for hydroxylation is 1. The lowest BCUT2D eigenvalue weighted by molar-refractivity contribution is -0.298. The zero-order valence-corrected chi connectivity index (χ0v) is 13.7. The van der Waals surface area contributed by atoms with Gasteiger partial charge in [0.05, 0.1) is 17.6 Å². The molecule has 0 radical (unpaired) electrons. The molecule has 0 aliphatic carbocycles. The lowest BCUT2D eigenvalue weighted by Gasteiger charge is -2.04. The molecule has 0 aliphatic heterocycles. The summed E-state index contributed by atoms with van der Waals surface area (Å²) in [5.41, 5.74) is 1.09. The third kappa shape index (κ3) is 3.79. The Labute approximate surface area is 146 Å². The first-order valence-corrected chi connectivity index (χ1v) is 7.89. The van der Waals surface area contributed by atoms with Crippen molar-refractivity contribution in [1.82, 2.24) is 10.2 Å². The standard InChI is InChI=1S/C17H11N3O4S/c1-10-19-20-17(23-10)25-15(16(21)22)8-12-6-7-14(24-12)13-5-3-2-4-11(13)9-18/h2-8H,1H3,(H,21,22)/p-1/b15-8-. The monoisotopic (exact) mass is 352 g/mol. The molecule has 2 aromatic heterocycles. The van der Waals surface area contributed by atoms with Crippen molar-refractivity contribution in [3.05, 3.63) is 58.5 Å². The van der Waals surface area contributed by atoms with E-state index < -0.39 is 5.97 Å². The van der Waals surface area contributed by atoms with Crippen molar-refractivity contribution in [1.29, 1.82) is 5.26 Å². The van der Waals surface area contributed by atoms with Crippen LogP contribution in [0.5, 0.6) is 0 Å². The Bertz CT molecular complexity index is 997. The van der Waals surface area contributed by atoms with E-state index in [0.29, 0.717) is 28.5 Å². The summed E-state index contributed by atoms with van der Waals surface area (Å²) in [6, 6.07) is 12.3. The zero-order valence-electron chi connectivity index (χ0n) is 12.9. The van der Waals surface area contributed by atoms with Crippen LogP contribution in [-0.4, -0.2) is 16.2 Å². The number of furan rings is 1. The van der Waals surface area contributed by atoms with Gasteiger partial charge in [0.1, 0.15) is 11.5 Å². The van der Waals surface area contributed by atoms with Gasteiger partial charge in [0.2, 0.25) is 5.89 Å². The van der Waals surface area contributed by atoms with Gasteiger partial charge in [0.15, 0.2) is 0 Å². The first kappa shape index (κ1) is 16.5. The molecule has 0 spiro atoms. The fraction of sp³-hybridized carbons (Fsp3) is 0.0588. The molecular weight excluding hydrogens is 342 g/mol. The molecule has 3 aromatic rings. The van der Waals surface area contributed by atoms with Crippen LogP contribution in [0.3, 0.4) is 0 Å². The number of nitriles is 1. The van der Waals surface area contributed by atoms with Crippen LogP contribution in [0.25, 0.3) is 17.4 Å². The maximum Gasteiger partial charge on any atom is 0.281 e. The number of aliphatic carboxylic acids is 1. The molecule has 0 fully saturated rings. The summed E-state index contributed by atoms with van der Waals surface area (Å²) in [7, 11) is 0. The van der Waals surface area contributed by atoms with Gasteiger partial charge in [-0.15, -0.1) is 10.2 Å². The van der Waals surface area contributed by atoms with Crippen molar-refractivity contribution in [2.75, 3.05) is 0 Å². The zero-order chi connectivity index (χ0) is 17.8. The summed E-state index contributed by atoms with van der Waals surface area (Å²) in [6.45, 7) is 1.60. The molecule has 25 heavy (non-hydrogen) atoms. The molecule has 7 nitrogen and oxygen atoms in total. The highest BCUT2D eigenvalue weighted by molar-refractivity contribution is 8.03. The number of nitrogens with zero attached hydrogens (tertiary/aromatic N) is 3. The Balaban J connectivity index is 1.90. The van der Waals surface area contributed by atoms with Crippen LogP contribution in [0.4, 0.5) is 0 Å². The first-order valence-electron chi connectivity index (χ1n) is 7.07. The van der Waals surface area contributed by atoms with E-state index in [1.807, 2.05) is 0 Å². The molecule has 1 aromatic carbocycles. The Kier molecular flexibility index (Phi) is 4.68. The van der Waals surface area contributed by atoms with Gasteiger partial charge >= 0.3 is 0 Å². The van der Waals surface area contributed by atoms with Crippen molar-refractivity contribution < 1.29 is 18.7 Å². The van der Waals surface area contributed by atoms with E-state index in [1.54, 1.807) is 43.3 Å². The molecule has 0 aliphatic rings. The number of hydrogen-bond acceptors (Lipinski definition) is 8. The van der Waals surface area contributed by atoms with Crippen LogP contribution in [0.2, 0.25) is 0 Å². The van der Waals surface area contributed by atoms with E-state index in [-0.39, 0.29) is 10.1 Å². The van der Waals surface area contributed by atoms with Crippen LogP contribution < -0.4 is 5.11 Å². The summed E-state index contributed by atoms with van der Waals surface area (Å²) < 4.78 is 10.8. The fourth-order valence-corrected chi connectivity index (χ4v) is 2.73. The minimum absolute atomic E-state index is 0.0922. The van der Waals surface area contributed by atoms with Gasteiger partial charge in [-0.2, -0.15) is 5.26 Å². The highest BCUT2D eigenvalue weighted by atomic mass is 32.2. The van der Waals surface area contributed by atoms with Crippen molar-refractivity contribution >= 4 is 23.8 Å². The largest absolute Gasteiger partial charge is 0.544 e. The topological polar surface area (TPSA) is 116 Å². The average molecular weight is 352 g/mol. The van der Waals surface area contributed by atoms with Gasteiger partial charge in [0, 0.05) is 17.4 Å². The molecular formula is C17H10N3O4S-. The lowest BCUT2D eigenvalue weighted by Crippen LogP contribution is -2.22. The number of benzene rings is 1.